The molecule has 0 radical (unpaired) electrons. The fourth-order valence-electron chi connectivity index (χ4n) is 1.93. The number of amides is 1. The smallest absolute Gasteiger partial charge is 0.362 e. The second-order valence-corrected chi connectivity index (χ2v) is 5.41. The van der Waals surface area contributed by atoms with E-state index in [1.807, 2.05) is 0 Å². The van der Waals surface area contributed by atoms with Gasteiger partial charge in [-0.3, -0.25) is 4.79 Å². The second-order valence-electron chi connectivity index (χ2n) is 4.57. The van der Waals surface area contributed by atoms with Crippen molar-refractivity contribution >= 4 is 34.8 Å². The van der Waals surface area contributed by atoms with Crippen LogP contribution in [0, 0.1) is 0 Å². The Labute approximate surface area is 127 Å². The fraction of sp³-hybridized carbons (Fsp3) is 0.333. The van der Waals surface area contributed by atoms with Gasteiger partial charge < -0.3 is 5.11 Å². The van der Waals surface area contributed by atoms with Gasteiger partial charge in [0, 0.05) is 17.2 Å². The zero-order valence-corrected chi connectivity index (χ0v) is 12.1. The first-order chi connectivity index (χ1) is 9.56. The first-order valence-corrected chi connectivity index (χ1v) is 6.44. The van der Waals surface area contributed by atoms with Crippen molar-refractivity contribution in [1.82, 2.24) is 5.01 Å². The predicted octanol–water partition coefficient (Wildman–Crippen LogP) is 3.47. The van der Waals surface area contributed by atoms with Gasteiger partial charge in [0.05, 0.1) is 10.6 Å². The first-order valence-electron chi connectivity index (χ1n) is 5.69. The van der Waals surface area contributed by atoms with Gasteiger partial charge in [0.15, 0.2) is 0 Å². The molecule has 0 aromatic heterocycles. The van der Waals surface area contributed by atoms with Crippen molar-refractivity contribution in [2.45, 2.75) is 25.2 Å². The van der Waals surface area contributed by atoms with Crippen molar-refractivity contribution in [1.29, 1.82) is 0 Å². The van der Waals surface area contributed by atoms with Crippen LogP contribution in [0.4, 0.5) is 13.2 Å². The number of halogens is 5. The summed E-state index contributed by atoms with van der Waals surface area (Å²) in [5.74, 6) is -1.18. The zero-order chi connectivity index (χ0) is 16.0. The minimum Gasteiger partial charge on any atom is -0.362 e. The van der Waals surface area contributed by atoms with Crippen LogP contribution in [0.3, 0.4) is 0 Å². The molecule has 0 saturated heterocycles. The van der Waals surface area contributed by atoms with E-state index in [9.17, 15) is 23.1 Å². The number of rotatable bonds is 1. The van der Waals surface area contributed by atoms with Crippen molar-refractivity contribution < 1.29 is 23.1 Å². The lowest BCUT2D eigenvalue weighted by atomic mass is 10.1. The Kier molecular flexibility index (Phi) is 3.94. The SMILES string of the molecule is CC1=NN(C(=O)c2cc(Cl)ccc2Cl)[C@](O)(C(F)(F)F)C1. The highest BCUT2D eigenvalue weighted by molar-refractivity contribution is 6.35. The van der Waals surface area contributed by atoms with Crippen molar-refractivity contribution in [2.75, 3.05) is 0 Å². The van der Waals surface area contributed by atoms with E-state index in [1.165, 1.54) is 19.1 Å². The molecule has 1 amide bonds. The van der Waals surface area contributed by atoms with Crippen molar-refractivity contribution in [2.24, 2.45) is 5.10 Å². The molecule has 0 unspecified atom stereocenters. The zero-order valence-electron chi connectivity index (χ0n) is 10.6. The van der Waals surface area contributed by atoms with E-state index in [0.717, 1.165) is 6.07 Å². The summed E-state index contributed by atoms with van der Waals surface area (Å²) < 4.78 is 39.1. The summed E-state index contributed by atoms with van der Waals surface area (Å²) >= 11 is 11.5. The topological polar surface area (TPSA) is 52.9 Å². The number of benzene rings is 1. The van der Waals surface area contributed by atoms with Gasteiger partial charge >= 0.3 is 6.18 Å². The summed E-state index contributed by atoms with van der Waals surface area (Å²) in [4.78, 5) is 12.2. The monoisotopic (exact) mass is 340 g/mol. The van der Waals surface area contributed by atoms with E-state index in [2.05, 4.69) is 5.10 Å². The molecule has 0 spiro atoms. The number of carbonyl (C=O) groups is 1. The molecule has 21 heavy (non-hydrogen) atoms. The van der Waals surface area contributed by atoms with Gasteiger partial charge in [-0.25, -0.2) is 0 Å². The van der Waals surface area contributed by atoms with E-state index >= 15 is 0 Å². The highest BCUT2D eigenvalue weighted by Crippen LogP contribution is 2.41. The number of nitrogens with zero attached hydrogens (tertiary/aromatic N) is 2. The molecule has 1 aliphatic heterocycles. The molecule has 114 valence electrons. The number of hydrogen-bond acceptors (Lipinski definition) is 3. The van der Waals surface area contributed by atoms with Crippen molar-refractivity contribution in [3.8, 4) is 0 Å². The predicted molar refractivity (Wildman–Crippen MR) is 71.4 cm³/mol. The van der Waals surface area contributed by atoms with Gasteiger partial charge in [-0.1, -0.05) is 23.2 Å². The van der Waals surface area contributed by atoms with E-state index in [4.69, 9.17) is 23.2 Å². The summed E-state index contributed by atoms with van der Waals surface area (Å²) in [6, 6.07) is 3.78. The molecule has 1 aliphatic rings. The molecule has 1 aromatic rings. The molecule has 0 aliphatic carbocycles. The fourth-order valence-corrected chi connectivity index (χ4v) is 2.30. The van der Waals surface area contributed by atoms with Crippen molar-refractivity contribution in [3.05, 3.63) is 33.8 Å². The summed E-state index contributed by atoms with van der Waals surface area (Å²) in [6.07, 6.45) is -5.88. The molecular formula is C12H9Cl2F3N2O2. The van der Waals surface area contributed by atoms with Crippen LogP contribution >= 0.6 is 23.2 Å². The van der Waals surface area contributed by atoms with Crippen LogP contribution in [0.5, 0.6) is 0 Å². The minimum atomic E-state index is -5.06. The third kappa shape index (κ3) is 2.73. The lowest BCUT2D eigenvalue weighted by Crippen LogP contribution is -2.56. The number of hydrogen-bond donors (Lipinski definition) is 1. The molecule has 0 saturated carbocycles. The number of carbonyl (C=O) groups excluding carboxylic acids is 1. The molecule has 1 heterocycles. The highest BCUT2D eigenvalue weighted by atomic mass is 35.5. The maximum atomic E-state index is 13.0. The summed E-state index contributed by atoms with van der Waals surface area (Å²) in [6.45, 7) is 1.28. The van der Waals surface area contributed by atoms with Gasteiger partial charge in [-0.05, 0) is 25.1 Å². The molecule has 2 rings (SSSR count). The number of alkyl halides is 3. The Balaban J connectivity index is 2.48. The van der Waals surface area contributed by atoms with E-state index in [0.29, 0.717) is 0 Å². The van der Waals surface area contributed by atoms with Gasteiger partial charge in [-0.2, -0.15) is 23.3 Å². The molecular weight excluding hydrogens is 332 g/mol. The quantitative estimate of drug-likeness (QED) is 0.851. The van der Waals surface area contributed by atoms with Gasteiger partial charge in [-0.15, -0.1) is 0 Å². The highest BCUT2D eigenvalue weighted by Gasteiger charge is 2.62. The normalized spacial score (nSPS) is 22.4. The maximum Gasteiger partial charge on any atom is 0.438 e. The molecule has 1 N–H and O–H groups in total. The van der Waals surface area contributed by atoms with E-state index < -0.39 is 24.2 Å². The van der Waals surface area contributed by atoms with Crippen LogP contribution < -0.4 is 0 Å². The maximum absolute atomic E-state index is 13.0. The number of hydrazone groups is 1. The van der Waals surface area contributed by atoms with Crippen LogP contribution in [-0.2, 0) is 0 Å². The first kappa shape index (κ1) is 16.1. The summed E-state index contributed by atoms with van der Waals surface area (Å²) in [5, 5.41) is 13.4. The second kappa shape index (κ2) is 5.15. The third-order valence-corrected chi connectivity index (χ3v) is 3.49. The largest absolute Gasteiger partial charge is 0.438 e. The van der Waals surface area contributed by atoms with Gasteiger partial charge in [0.25, 0.3) is 11.6 Å². The van der Waals surface area contributed by atoms with Crippen LogP contribution in [0.2, 0.25) is 10.0 Å². The molecule has 0 bridgehead atoms. The van der Waals surface area contributed by atoms with E-state index in [-0.39, 0.29) is 26.3 Å². The van der Waals surface area contributed by atoms with Crippen LogP contribution in [0.1, 0.15) is 23.7 Å². The molecule has 0 fully saturated rings. The van der Waals surface area contributed by atoms with Crippen LogP contribution in [0.15, 0.2) is 23.3 Å². The number of aliphatic hydroxyl groups is 1. The van der Waals surface area contributed by atoms with Crippen LogP contribution in [-0.4, -0.2) is 33.6 Å². The third-order valence-electron chi connectivity index (χ3n) is 2.93. The average Bonchev–Trinajstić information content (AvgIpc) is 2.67. The van der Waals surface area contributed by atoms with Crippen LogP contribution in [0.25, 0.3) is 0 Å². The lowest BCUT2D eigenvalue weighted by molar-refractivity contribution is -0.297. The average molecular weight is 341 g/mol. The molecule has 9 heteroatoms. The summed E-state index contributed by atoms with van der Waals surface area (Å²) in [5.41, 5.74) is -3.69. The lowest BCUT2D eigenvalue weighted by Gasteiger charge is -2.32. The standard InChI is InChI=1S/C12H9Cl2F3N2O2/c1-6-5-11(21,12(15,16)17)19(18-6)10(20)8-4-7(13)2-3-9(8)14/h2-4,21H,5H2,1H3/t11-/m1/s1. The molecule has 1 aromatic carbocycles. The van der Waals surface area contributed by atoms with Crippen molar-refractivity contribution in [3.63, 3.8) is 0 Å². The Morgan fingerprint density at radius 2 is 2.05 bits per heavy atom. The Hall–Kier alpha value is -1.31. The van der Waals surface area contributed by atoms with Gasteiger partial charge in [0.2, 0.25) is 0 Å². The van der Waals surface area contributed by atoms with Gasteiger partial charge in [0.1, 0.15) is 0 Å². The Morgan fingerprint density at radius 1 is 1.43 bits per heavy atom. The van der Waals surface area contributed by atoms with E-state index in [1.54, 1.807) is 0 Å². The molecule has 1 atom stereocenters. The Morgan fingerprint density at radius 3 is 2.62 bits per heavy atom. The summed E-state index contributed by atoms with van der Waals surface area (Å²) in [7, 11) is 0. The Bertz CT molecular complexity index is 633. The molecule has 4 nitrogen and oxygen atoms in total. The minimum absolute atomic E-state index is 0.000123.